The normalized spacial score (nSPS) is 10.7. The molecule has 0 bridgehead atoms. The average molecular weight is 364 g/mol. The standard InChI is InChI=1S/C17H17IO/c1-12(2)10-13-4-3-5-15(11-13)17(19)14-6-8-16(18)9-7-14/h3-9,11-12H,10H2,1-2H3. The molecule has 0 saturated carbocycles. The molecule has 2 aromatic rings. The predicted octanol–water partition coefficient (Wildman–Crippen LogP) is 4.72. The van der Waals surface area contributed by atoms with Gasteiger partial charge in [-0.05, 0) is 70.8 Å². The van der Waals surface area contributed by atoms with Crippen molar-refractivity contribution in [2.45, 2.75) is 20.3 Å². The minimum absolute atomic E-state index is 0.0991. The van der Waals surface area contributed by atoms with E-state index in [1.807, 2.05) is 42.5 Å². The Balaban J connectivity index is 2.26. The molecule has 0 unspecified atom stereocenters. The minimum Gasteiger partial charge on any atom is -0.289 e. The van der Waals surface area contributed by atoms with Gasteiger partial charge in [-0.15, -0.1) is 0 Å². The maximum Gasteiger partial charge on any atom is 0.193 e. The molecule has 0 aromatic heterocycles. The Morgan fingerprint density at radius 3 is 2.37 bits per heavy atom. The summed E-state index contributed by atoms with van der Waals surface area (Å²) in [6.45, 7) is 4.38. The van der Waals surface area contributed by atoms with E-state index in [0.717, 1.165) is 21.1 Å². The molecule has 0 spiro atoms. The molecule has 0 fully saturated rings. The van der Waals surface area contributed by atoms with Crippen molar-refractivity contribution in [2.24, 2.45) is 5.92 Å². The molecule has 0 radical (unpaired) electrons. The molecular weight excluding hydrogens is 347 g/mol. The minimum atomic E-state index is 0.0991. The van der Waals surface area contributed by atoms with Crippen molar-refractivity contribution in [1.29, 1.82) is 0 Å². The number of ketones is 1. The van der Waals surface area contributed by atoms with Crippen LogP contribution in [0.1, 0.15) is 35.3 Å². The summed E-state index contributed by atoms with van der Waals surface area (Å²) in [4.78, 5) is 12.4. The molecule has 0 aliphatic rings. The largest absolute Gasteiger partial charge is 0.289 e. The topological polar surface area (TPSA) is 17.1 Å². The molecule has 1 nitrogen and oxygen atoms in total. The van der Waals surface area contributed by atoms with Gasteiger partial charge in [-0.3, -0.25) is 4.79 Å². The van der Waals surface area contributed by atoms with Gasteiger partial charge in [-0.25, -0.2) is 0 Å². The first kappa shape index (κ1) is 14.3. The average Bonchev–Trinajstić information content (AvgIpc) is 2.38. The van der Waals surface area contributed by atoms with Gasteiger partial charge in [-0.2, -0.15) is 0 Å². The Labute approximate surface area is 128 Å². The molecule has 0 aliphatic carbocycles. The number of halogens is 1. The number of carbonyl (C=O) groups excluding carboxylic acids is 1. The van der Waals surface area contributed by atoms with E-state index in [4.69, 9.17) is 0 Å². The van der Waals surface area contributed by atoms with Crippen LogP contribution >= 0.6 is 22.6 Å². The zero-order valence-corrected chi connectivity index (χ0v) is 13.3. The van der Waals surface area contributed by atoms with Gasteiger partial charge in [0.15, 0.2) is 5.78 Å². The van der Waals surface area contributed by atoms with Crippen molar-refractivity contribution in [3.63, 3.8) is 0 Å². The summed E-state index contributed by atoms with van der Waals surface area (Å²) < 4.78 is 1.14. The van der Waals surface area contributed by atoms with Crippen LogP contribution in [0.15, 0.2) is 48.5 Å². The molecule has 0 N–H and O–H groups in total. The highest BCUT2D eigenvalue weighted by molar-refractivity contribution is 14.1. The predicted molar refractivity (Wildman–Crippen MR) is 87.6 cm³/mol. The van der Waals surface area contributed by atoms with Crippen molar-refractivity contribution in [3.8, 4) is 0 Å². The van der Waals surface area contributed by atoms with Gasteiger partial charge in [0.05, 0.1) is 0 Å². The highest BCUT2D eigenvalue weighted by Crippen LogP contribution is 2.15. The Morgan fingerprint density at radius 2 is 1.74 bits per heavy atom. The molecule has 0 saturated heterocycles. The summed E-state index contributed by atoms with van der Waals surface area (Å²) in [5, 5.41) is 0. The summed E-state index contributed by atoms with van der Waals surface area (Å²) in [5.41, 5.74) is 2.76. The van der Waals surface area contributed by atoms with Crippen LogP contribution in [0.2, 0.25) is 0 Å². The third-order valence-corrected chi connectivity index (χ3v) is 3.66. The van der Waals surface area contributed by atoms with Crippen molar-refractivity contribution >= 4 is 28.4 Å². The third kappa shape index (κ3) is 3.90. The van der Waals surface area contributed by atoms with Crippen molar-refractivity contribution in [1.82, 2.24) is 0 Å². The lowest BCUT2D eigenvalue weighted by atomic mass is 9.97. The zero-order chi connectivity index (χ0) is 13.8. The second-order valence-electron chi connectivity index (χ2n) is 5.13. The van der Waals surface area contributed by atoms with Crippen LogP contribution in [-0.2, 0) is 6.42 Å². The lowest BCUT2D eigenvalue weighted by molar-refractivity contribution is 0.103. The molecule has 0 atom stereocenters. The number of rotatable bonds is 4. The maximum absolute atomic E-state index is 12.4. The van der Waals surface area contributed by atoms with Gasteiger partial charge >= 0.3 is 0 Å². The molecule has 0 aliphatic heterocycles. The van der Waals surface area contributed by atoms with E-state index in [-0.39, 0.29) is 5.78 Å². The Morgan fingerprint density at radius 1 is 1.05 bits per heavy atom. The van der Waals surface area contributed by atoms with E-state index in [9.17, 15) is 4.79 Å². The van der Waals surface area contributed by atoms with Crippen molar-refractivity contribution in [3.05, 3.63) is 68.8 Å². The van der Waals surface area contributed by atoms with Crippen LogP contribution in [0.3, 0.4) is 0 Å². The van der Waals surface area contributed by atoms with E-state index in [1.54, 1.807) is 0 Å². The van der Waals surface area contributed by atoms with Crippen LogP contribution < -0.4 is 0 Å². The van der Waals surface area contributed by atoms with Gasteiger partial charge in [0.1, 0.15) is 0 Å². The summed E-state index contributed by atoms with van der Waals surface area (Å²) in [6.07, 6.45) is 1.01. The molecule has 2 rings (SSSR count). The zero-order valence-electron chi connectivity index (χ0n) is 11.2. The molecule has 98 valence electrons. The fourth-order valence-corrected chi connectivity index (χ4v) is 2.44. The van der Waals surface area contributed by atoms with Crippen LogP contribution in [0.4, 0.5) is 0 Å². The fraction of sp³-hybridized carbons (Fsp3) is 0.235. The summed E-state index contributed by atoms with van der Waals surface area (Å²) in [7, 11) is 0. The van der Waals surface area contributed by atoms with E-state index in [2.05, 4.69) is 42.5 Å². The Hall–Kier alpha value is -1.16. The van der Waals surface area contributed by atoms with Crippen molar-refractivity contribution in [2.75, 3.05) is 0 Å². The second kappa shape index (κ2) is 6.33. The quantitative estimate of drug-likeness (QED) is 0.567. The molecule has 19 heavy (non-hydrogen) atoms. The number of benzene rings is 2. The van der Waals surface area contributed by atoms with Gasteiger partial charge in [0, 0.05) is 14.7 Å². The fourth-order valence-electron chi connectivity index (χ4n) is 2.08. The molecular formula is C17H17IO. The van der Waals surface area contributed by atoms with Gasteiger partial charge in [0.25, 0.3) is 0 Å². The van der Waals surface area contributed by atoms with E-state index < -0.39 is 0 Å². The third-order valence-electron chi connectivity index (χ3n) is 2.94. The highest BCUT2D eigenvalue weighted by atomic mass is 127. The highest BCUT2D eigenvalue weighted by Gasteiger charge is 2.09. The molecule has 0 heterocycles. The first-order chi connectivity index (χ1) is 9.06. The van der Waals surface area contributed by atoms with Gasteiger partial charge < -0.3 is 0 Å². The van der Waals surface area contributed by atoms with E-state index in [1.165, 1.54) is 5.56 Å². The Bertz CT molecular complexity index is 570. The first-order valence-corrected chi connectivity index (χ1v) is 7.53. The number of hydrogen-bond donors (Lipinski definition) is 0. The van der Waals surface area contributed by atoms with Crippen LogP contribution in [0.25, 0.3) is 0 Å². The van der Waals surface area contributed by atoms with Crippen LogP contribution in [0, 0.1) is 9.49 Å². The lowest BCUT2D eigenvalue weighted by Gasteiger charge is -2.07. The Kier molecular flexibility index (Phi) is 4.75. The lowest BCUT2D eigenvalue weighted by Crippen LogP contribution is -2.03. The second-order valence-corrected chi connectivity index (χ2v) is 6.38. The summed E-state index contributed by atoms with van der Waals surface area (Å²) in [6, 6.07) is 15.7. The van der Waals surface area contributed by atoms with Gasteiger partial charge in [-0.1, -0.05) is 32.0 Å². The number of hydrogen-bond acceptors (Lipinski definition) is 1. The smallest absolute Gasteiger partial charge is 0.193 e. The SMILES string of the molecule is CC(C)Cc1cccc(C(=O)c2ccc(I)cc2)c1. The molecule has 0 amide bonds. The maximum atomic E-state index is 12.4. The monoisotopic (exact) mass is 364 g/mol. The molecule has 2 heteroatoms. The van der Waals surface area contributed by atoms with Crippen LogP contribution in [0.5, 0.6) is 0 Å². The van der Waals surface area contributed by atoms with Crippen molar-refractivity contribution < 1.29 is 4.79 Å². The molecule has 2 aromatic carbocycles. The van der Waals surface area contributed by atoms with Crippen LogP contribution in [-0.4, -0.2) is 5.78 Å². The summed E-state index contributed by atoms with van der Waals surface area (Å²) >= 11 is 2.24. The van der Waals surface area contributed by atoms with E-state index >= 15 is 0 Å². The summed E-state index contributed by atoms with van der Waals surface area (Å²) in [5.74, 6) is 0.700. The van der Waals surface area contributed by atoms with E-state index in [0.29, 0.717) is 5.92 Å². The first-order valence-electron chi connectivity index (χ1n) is 6.45. The van der Waals surface area contributed by atoms with Gasteiger partial charge in [0.2, 0.25) is 0 Å². The number of carbonyl (C=O) groups is 1.